The van der Waals surface area contributed by atoms with E-state index in [-0.39, 0.29) is 23.0 Å². The van der Waals surface area contributed by atoms with E-state index in [1.54, 1.807) is 47.4 Å². The minimum absolute atomic E-state index is 0.0478. The molecule has 8 heteroatoms. The minimum atomic E-state index is -1.51. The van der Waals surface area contributed by atoms with Crippen LogP contribution in [0.5, 0.6) is 11.5 Å². The number of hydrogen-bond donors (Lipinski definition) is 0. The Morgan fingerprint density at radius 2 is 1.48 bits per heavy atom. The number of halogens is 4. The average Bonchev–Trinajstić information content (AvgIpc) is 3.18. The molecule has 3 aromatic rings. The average molecular weight is 507 g/mol. The van der Waals surface area contributed by atoms with Crippen LogP contribution in [0.2, 0.25) is 15.1 Å². The molecule has 2 heterocycles. The van der Waals surface area contributed by atoms with Crippen LogP contribution in [0.15, 0.2) is 54.6 Å². The zero-order valence-corrected chi connectivity index (χ0v) is 19.7. The van der Waals surface area contributed by atoms with E-state index >= 15 is 4.39 Å². The molecule has 3 aromatic carbocycles. The second kappa shape index (κ2) is 8.71. The maximum absolute atomic E-state index is 15.0. The molecule has 0 radical (unpaired) electrons. The molecule has 0 aliphatic carbocycles. The third-order valence-electron chi connectivity index (χ3n) is 5.92. The Bertz CT molecular complexity index is 1230. The highest BCUT2D eigenvalue weighted by Crippen LogP contribution is 2.50. The van der Waals surface area contributed by atoms with Crippen molar-refractivity contribution in [3.05, 3.63) is 92.2 Å². The minimum Gasteiger partial charge on any atom is -0.440 e. The normalized spacial score (nSPS) is 19.6. The molecule has 0 N–H and O–H groups in total. The summed E-state index contributed by atoms with van der Waals surface area (Å²) in [6, 6.07) is 14.4. The molecule has 0 spiro atoms. The Labute approximate surface area is 205 Å². The van der Waals surface area contributed by atoms with E-state index in [4.69, 9.17) is 44.3 Å². The lowest BCUT2D eigenvalue weighted by Gasteiger charge is -2.29. The maximum Gasteiger partial charge on any atom is 0.307 e. The van der Waals surface area contributed by atoms with E-state index in [1.165, 1.54) is 12.1 Å². The van der Waals surface area contributed by atoms with Crippen LogP contribution in [0.25, 0.3) is 0 Å². The molecule has 0 aromatic heterocycles. The van der Waals surface area contributed by atoms with E-state index in [1.807, 2.05) is 0 Å². The van der Waals surface area contributed by atoms with E-state index < -0.39 is 11.6 Å². The fraction of sp³-hybridized carbons (Fsp3) is 0.240. The highest BCUT2D eigenvalue weighted by atomic mass is 35.5. The molecule has 2 aliphatic rings. The first-order valence-electron chi connectivity index (χ1n) is 10.6. The van der Waals surface area contributed by atoms with Crippen LogP contribution in [-0.4, -0.2) is 23.9 Å². The molecular formula is C25H19Cl3FNO3. The van der Waals surface area contributed by atoms with Crippen molar-refractivity contribution < 1.29 is 18.7 Å². The van der Waals surface area contributed by atoms with Crippen LogP contribution < -0.4 is 9.47 Å². The summed E-state index contributed by atoms with van der Waals surface area (Å²) in [5.41, 5.74) is 1.03. The van der Waals surface area contributed by atoms with Crippen LogP contribution >= 0.6 is 34.8 Å². The van der Waals surface area contributed by atoms with E-state index in [2.05, 4.69) is 0 Å². The summed E-state index contributed by atoms with van der Waals surface area (Å²) in [7, 11) is 0. The quantitative estimate of drug-likeness (QED) is 0.381. The summed E-state index contributed by atoms with van der Waals surface area (Å²) in [5.74, 6) is -2.11. The van der Waals surface area contributed by atoms with Gasteiger partial charge in [0.05, 0.1) is 16.1 Å². The van der Waals surface area contributed by atoms with Gasteiger partial charge < -0.3 is 14.4 Å². The van der Waals surface area contributed by atoms with Gasteiger partial charge in [-0.25, -0.2) is 4.39 Å². The van der Waals surface area contributed by atoms with Gasteiger partial charge in [-0.05, 0) is 67.8 Å². The molecule has 1 unspecified atom stereocenters. The number of rotatable bonds is 3. The van der Waals surface area contributed by atoms with Crippen LogP contribution in [0.3, 0.4) is 0 Å². The van der Waals surface area contributed by atoms with Gasteiger partial charge in [0.1, 0.15) is 5.82 Å². The number of ether oxygens (including phenoxy) is 2. The fourth-order valence-electron chi connectivity index (χ4n) is 4.27. The smallest absolute Gasteiger partial charge is 0.307 e. The number of carbonyl (C=O) groups excluding carboxylic acids is 1. The fourth-order valence-corrected chi connectivity index (χ4v) is 4.92. The predicted octanol–water partition coefficient (Wildman–Crippen LogP) is 7.08. The van der Waals surface area contributed by atoms with Crippen molar-refractivity contribution in [1.29, 1.82) is 0 Å². The molecule has 5 rings (SSSR count). The van der Waals surface area contributed by atoms with Crippen molar-refractivity contribution in [3.8, 4) is 11.5 Å². The third kappa shape index (κ3) is 4.03. The Morgan fingerprint density at radius 1 is 0.848 bits per heavy atom. The van der Waals surface area contributed by atoms with Gasteiger partial charge in [0, 0.05) is 34.8 Å². The second-order valence-electron chi connectivity index (χ2n) is 8.08. The number of hydrogen-bond acceptors (Lipinski definition) is 3. The monoisotopic (exact) mass is 505 g/mol. The van der Waals surface area contributed by atoms with Gasteiger partial charge in [-0.15, -0.1) is 0 Å². The van der Waals surface area contributed by atoms with Crippen molar-refractivity contribution in [2.75, 3.05) is 13.1 Å². The van der Waals surface area contributed by atoms with E-state index in [9.17, 15) is 4.79 Å². The van der Waals surface area contributed by atoms with Gasteiger partial charge in [0.15, 0.2) is 11.5 Å². The zero-order valence-electron chi connectivity index (χ0n) is 17.4. The van der Waals surface area contributed by atoms with Crippen LogP contribution in [0.4, 0.5) is 4.39 Å². The summed E-state index contributed by atoms with van der Waals surface area (Å²) >= 11 is 18.7. The topological polar surface area (TPSA) is 38.8 Å². The summed E-state index contributed by atoms with van der Waals surface area (Å²) in [4.78, 5) is 14.7. The molecule has 2 aliphatic heterocycles. The summed E-state index contributed by atoms with van der Waals surface area (Å²) < 4.78 is 27.6. The first-order valence-corrected chi connectivity index (χ1v) is 11.7. The van der Waals surface area contributed by atoms with Crippen molar-refractivity contribution in [3.63, 3.8) is 0 Å². The first-order chi connectivity index (χ1) is 15.9. The number of piperidine rings is 1. The number of benzene rings is 3. The maximum atomic E-state index is 15.0. The molecule has 0 bridgehead atoms. The predicted molar refractivity (Wildman–Crippen MR) is 126 cm³/mol. The van der Waals surface area contributed by atoms with Crippen LogP contribution in [0, 0.1) is 5.82 Å². The summed E-state index contributed by atoms with van der Waals surface area (Å²) in [6.45, 7) is 1.23. The molecular weight excluding hydrogens is 488 g/mol. The summed E-state index contributed by atoms with van der Waals surface area (Å²) in [6.07, 6.45) is 2.89. The first kappa shape index (κ1) is 22.3. The largest absolute Gasteiger partial charge is 0.440 e. The molecule has 1 amide bonds. The third-order valence-corrected chi connectivity index (χ3v) is 6.72. The van der Waals surface area contributed by atoms with Crippen LogP contribution in [0.1, 0.15) is 40.7 Å². The molecule has 0 saturated carbocycles. The molecule has 4 nitrogen and oxygen atoms in total. The zero-order chi connectivity index (χ0) is 23.2. The van der Waals surface area contributed by atoms with Gasteiger partial charge >= 0.3 is 5.79 Å². The van der Waals surface area contributed by atoms with Crippen molar-refractivity contribution >= 4 is 40.7 Å². The number of carbonyl (C=O) groups is 1. The second-order valence-corrected chi connectivity index (χ2v) is 9.36. The Balaban J connectivity index is 1.59. The van der Waals surface area contributed by atoms with Gasteiger partial charge in [0.25, 0.3) is 5.91 Å². The van der Waals surface area contributed by atoms with Crippen molar-refractivity contribution in [1.82, 2.24) is 4.90 Å². The molecule has 170 valence electrons. The van der Waals surface area contributed by atoms with Crippen molar-refractivity contribution in [2.24, 2.45) is 0 Å². The molecule has 33 heavy (non-hydrogen) atoms. The highest BCUT2D eigenvalue weighted by molar-refractivity contribution is 6.35. The van der Waals surface area contributed by atoms with Gasteiger partial charge in [-0.2, -0.15) is 0 Å². The number of nitrogens with zero attached hydrogens (tertiary/aromatic N) is 1. The van der Waals surface area contributed by atoms with Crippen LogP contribution in [-0.2, 0) is 5.79 Å². The number of amides is 1. The highest BCUT2D eigenvalue weighted by Gasteiger charge is 2.47. The molecule has 1 saturated heterocycles. The van der Waals surface area contributed by atoms with Gasteiger partial charge in [0.2, 0.25) is 0 Å². The summed E-state index contributed by atoms with van der Waals surface area (Å²) in [5, 5.41) is 1.30. The van der Waals surface area contributed by atoms with Gasteiger partial charge in [-0.3, -0.25) is 4.79 Å². The Hall–Kier alpha value is -2.47. The molecule has 1 fully saturated rings. The lowest BCUT2D eigenvalue weighted by Crippen LogP contribution is -2.37. The molecule has 1 atom stereocenters. The van der Waals surface area contributed by atoms with E-state index in [0.717, 1.165) is 19.3 Å². The lowest BCUT2D eigenvalue weighted by atomic mass is 9.97. The lowest BCUT2D eigenvalue weighted by molar-refractivity contribution is -0.0458. The number of likely N-dealkylation sites (tertiary alicyclic amines) is 1. The number of fused-ring (bicyclic) bond motifs is 1. The van der Waals surface area contributed by atoms with Crippen molar-refractivity contribution in [2.45, 2.75) is 25.0 Å². The SMILES string of the molecule is O=C(c1cc2c(cc1F)OC(c1ccc(Cl)cc1)(c1ccc(Cl)cc1Cl)O2)N1CCCCC1. The Kier molecular flexibility index (Phi) is 5.89. The Morgan fingerprint density at radius 3 is 2.15 bits per heavy atom. The van der Waals surface area contributed by atoms with E-state index in [0.29, 0.717) is 39.3 Å². The standard InChI is InChI=1S/C25H19Cl3FNO3/c26-16-6-4-15(5-7-16)25(19-9-8-17(27)12-20(19)28)32-22-13-18(21(29)14-23(22)33-25)24(31)30-10-2-1-3-11-30/h4-9,12-14H,1-3,10-11H2. The van der Waals surface area contributed by atoms with Gasteiger partial charge in [-0.1, -0.05) is 34.8 Å².